The Morgan fingerprint density at radius 3 is 3.00 bits per heavy atom. The van der Waals surface area contributed by atoms with Gasteiger partial charge in [-0.1, -0.05) is 29.8 Å². The van der Waals surface area contributed by atoms with Gasteiger partial charge in [-0.2, -0.15) is 0 Å². The fraction of sp³-hybridized carbons (Fsp3) is 0.167. The first-order valence-corrected chi connectivity index (χ1v) is 8.80. The van der Waals surface area contributed by atoms with Gasteiger partial charge in [0, 0.05) is 27.8 Å². The Morgan fingerprint density at radius 1 is 1.32 bits per heavy atom. The molecule has 0 spiro atoms. The number of thiophene rings is 1. The van der Waals surface area contributed by atoms with Crippen molar-refractivity contribution in [2.75, 3.05) is 6.79 Å². The molecule has 4 rings (SSSR count). The van der Waals surface area contributed by atoms with E-state index in [0.717, 1.165) is 10.1 Å². The van der Waals surface area contributed by atoms with Crippen LogP contribution in [0.4, 0.5) is 4.39 Å². The number of amides is 1. The minimum atomic E-state index is -0.392. The van der Waals surface area contributed by atoms with Crippen LogP contribution >= 0.6 is 22.9 Å². The first-order chi connectivity index (χ1) is 12.1. The Kier molecular flexibility index (Phi) is 4.33. The third-order valence-corrected chi connectivity index (χ3v) is 5.61. The standard InChI is InChI=1S/C18H13ClFNO3S/c19-15-13-3-1-2-4-14(13)25-17(15)18(22)21-7-10-5-12(20)6-11-8-23-9-24-16(10)11/h1-6H,7-9H2,(H,21,22). The third kappa shape index (κ3) is 3.08. The predicted octanol–water partition coefficient (Wildman–Crippen LogP) is 4.49. The lowest BCUT2D eigenvalue weighted by Gasteiger charge is -2.21. The van der Waals surface area contributed by atoms with E-state index in [2.05, 4.69) is 5.32 Å². The summed E-state index contributed by atoms with van der Waals surface area (Å²) in [5.74, 6) is -0.122. The van der Waals surface area contributed by atoms with Crippen molar-refractivity contribution in [2.24, 2.45) is 0 Å². The average molecular weight is 378 g/mol. The van der Waals surface area contributed by atoms with E-state index in [1.54, 1.807) is 0 Å². The second-order valence-corrected chi connectivity index (χ2v) is 7.02. The Bertz CT molecular complexity index is 972. The van der Waals surface area contributed by atoms with Crippen molar-refractivity contribution < 1.29 is 18.7 Å². The molecular formula is C18H13ClFNO3S. The van der Waals surface area contributed by atoms with E-state index < -0.39 is 5.82 Å². The first kappa shape index (κ1) is 16.3. The van der Waals surface area contributed by atoms with Crippen molar-refractivity contribution in [3.63, 3.8) is 0 Å². The Morgan fingerprint density at radius 2 is 2.16 bits per heavy atom. The molecule has 0 aliphatic carbocycles. The topological polar surface area (TPSA) is 47.6 Å². The van der Waals surface area contributed by atoms with Gasteiger partial charge in [-0.05, 0) is 18.2 Å². The number of carbonyl (C=O) groups excluding carboxylic acids is 1. The molecule has 1 aliphatic heterocycles. The van der Waals surface area contributed by atoms with Gasteiger partial charge in [0.05, 0.1) is 11.6 Å². The van der Waals surface area contributed by atoms with E-state index in [-0.39, 0.29) is 25.9 Å². The van der Waals surface area contributed by atoms with E-state index in [9.17, 15) is 9.18 Å². The molecule has 0 bridgehead atoms. The number of benzene rings is 2. The molecule has 0 unspecified atom stereocenters. The maximum Gasteiger partial charge on any atom is 0.263 e. The van der Waals surface area contributed by atoms with Gasteiger partial charge in [0.2, 0.25) is 0 Å². The SMILES string of the molecule is O=C(NCc1cc(F)cc2c1OCOC2)c1sc2ccccc2c1Cl. The van der Waals surface area contributed by atoms with Crippen LogP contribution in [0.25, 0.3) is 10.1 Å². The summed E-state index contributed by atoms with van der Waals surface area (Å²) in [7, 11) is 0. The molecule has 0 saturated heterocycles. The zero-order valence-electron chi connectivity index (χ0n) is 13.0. The quantitative estimate of drug-likeness (QED) is 0.731. The summed E-state index contributed by atoms with van der Waals surface area (Å²) >= 11 is 7.65. The van der Waals surface area contributed by atoms with Gasteiger partial charge in [0.25, 0.3) is 5.91 Å². The minimum absolute atomic E-state index is 0.113. The molecule has 2 aromatic carbocycles. The normalized spacial score (nSPS) is 13.4. The van der Waals surface area contributed by atoms with E-state index in [1.165, 1.54) is 23.5 Å². The van der Waals surface area contributed by atoms with Crippen LogP contribution in [0.1, 0.15) is 20.8 Å². The van der Waals surface area contributed by atoms with Gasteiger partial charge >= 0.3 is 0 Å². The predicted molar refractivity (Wildman–Crippen MR) is 94.7 cm³/mol. The Balaban J connectivity index is 1.58. The van der Waals surface area contributed by atoms with Crippen LogP contribution in [-0.4, -0.2) is 12.7 Å². The molecule has 1 aliphatic rings. The highest BCUT2D eigenvalue weighted by molar-refractivity contribution is 7.21. The Hall–Kier alpha value is -2.15. The van der Waals surface area contributed by atoms with E-state index in [4.69, 9.17) is 21.1 Å². The summed E-state index contributed by atoms with van der Waals surface area (Å²) in [6.45, 7) is 0.543. The number of halogens is 2. The van der Waals surface area contributed by atoms with Crippen LogP contribution in [0.15, 0.2) is 36.4 Å². The molecule has 1 aromatic heterocycles. The maximum atomic E-state index is 13.8. The van der Waals surface area contributed by atoms with Crippen molar-refractivity contribution in [3.05, 3.63) is 63.2 Å². The molecule has 128 valence electrons. The molecule has 25 heavy (non-hydrogen) atoms. The van der Waals surface area contributed by atoms with Crippen LogP contribution in [-0.2, 0) is 17.9 Å². The van der Waals surface area contributed by atoms with Crippen LogP contribution in [0, 0.1) is 5.82 Å². The summed E-state index contributed by atoms with van der Waals surface area (Å²) in [4.78, 5) is 13.0. The summed E-state index contributed by atoms with van der Waals surface area (Å²) in [5, 5.41) is 4.08. The van der Waals surface area contributed by atoms with Gasteiger partial charge in [0.15, 0.2) is 6.79 Å². The number of fused-ring (bicyclic) bond motifs is 2. The number of carbonyl (C=O) groups is 1. The molecule has 0 radical (unpaired) electrons. The third-order valence-electron chi connectivity index (χ3n) is 3.93. The molecule has 7 heteroatoms. The summed E-state index contributed by atoms with van der Waals surface area (Å²) < 4.78 is 25.3. The molecule has 0 atom stereocenters. The molecule has 0 saturated carbocycles. The van der Waals surface area contributed by atoms with Gasteiger partial charge < -0.3 is 14.8 Å². The van der Waals surface area contributed by atoms with E-state index in [0.29, 0.717) is 26.8 Å². The van der Waals surface area contributed by atoms with E-state index >= 15 is 0 Å². The minimum Gasteiger partial charge on any atom is -0.467 e. The number of hydrogen-bond acceptors (Lipinski definition) is 4. The average Bonchev–Trinajstić information content (AvgIpc) is 2.96. The molecular weight excluding hydrogens is 365 g/mol. The van der Waals surface area contributed by atoms with Gasteiger partial charge in [0.1, 0.15) is 16.4 Å². The van der Waals surface area contributed by atoms with E-state index in [1.807, 2.05) is 24.3 Å². The zero-order chi connectivity index (χ0) is 17.4. The second kappa shape index (κ2) is 6.63. The monoisotopic (exact) mass is 377 g/mol. The smallest absolute Gasteiger partial charge is 0.263 e. The highest BCUT2D eigenvalue weighted by Crippen LogP contribution is 2.35. The zero-order valence-corrected chi connectivity index (χ0v) is 14.5. The highest BCUT2D eigenvalue weighted by Gasteiger charge is 2.20. The summed E-state index contributed by atoms with van der Waals surface area (Å²) in [5.41, 5.74) is 1.21. The van der Waals surface area contributed by atoms with Crippen LogP contribution in [0.2, 0.25) is 5.02 Å². The van der Waals surface area contributed by atoms with Crippen LogP contribution in [0.3, 0.4) is 0 Å². The molecule has 2 heterocycles. The molecule has 3 aromatic rings. The van der Waals surface area contributed by atoms with Gasteiger partial charge in [-0.25, -0.2) is 4.39 Å². The van der Waals surface area contributed by atoms with Crippen LogP contribution in [0.5, 0.6) is 5.75 Å². The largest absolute Gasteiger partial charge is 0.467 e. The van der Waals surface area contributed by atoms with Crippen molar-refractivity contribution in [3.8, 4) is 5.75 Å². The molecule has 4 nitrogen and oxygen atoms in total. The second-order valence-electron chi connectivity index (χ2n) is 5.59. The summed E-state index contributed by atoms with van der Waals surface area (Å²) in [6, 6.07) is 10.3. The van der Waals surface area contributed by atoms with Crippen LogP contribution < -0.4 is 10.1 Å². The molecule has 1 N–H and O–H groups in total. The summed E-state index contributed by atoms with van der Waals surface area (Å²) in [6.07, 6.45) is 0. The number of hydrogen-bond donors (Lipinski definition) is 1. The van der Waals surface area contributed by atoms with Crippen molar-refractivity contribution in [1.29, 1.82) is 0 Å². The first-order valence-electron chi connectivity index (χ1n) is 7.60. The van der Waals surface area contributed by atoms with Crippen molar-refractivity contribution in [2.45, 2.75) is 13.2 Å². The lowest BCUT2D eigenvalue weighted by atomic mass is 10.1. The van der Waals surface area contributed by atoms with Gasteiger partial charge in [-0.15, -0.1) is 11.3 Å². The maximum absolute atomic E-state index is 13.8. The highest BCUT2D eigenvalue weighted by atomic mass is 35.5. The number of nitrogens with one attached hydrogen (secondary N) is 1. The Labute approximate surface area is 152 Å². The lowest BCUT2D eigenvalue weighted by molar-refractivity contribution is -0.0173. The fourth-order valence-electron chi connectivity index (χ4n) is 2.80. The van der Waals surface area contributed by atoms with Gasteiger partial charge in [-0.3, -0.25) is 4.79 Å². The lowest BCUT2D eigenvalue weighted by Crippen LogP contribution is -2.23. The van der Waals surface area contributed by atoms with Crippen molar-refractivity contribution in [1.82, 2.24) is 5.32 Å². The number of ether oxygens (including phenoxy) is 2. The molecule has 1 amide bonds. The number of rotatable bonds is 3. The van der Waals surface area contributed by atoms with Crippen molar-refractivity contribution >= 4 is 38.9 Å². The molecule has 0 fully saturated rings. The fourth-order valence-corrected chi connectivity index (χ4v) is 4.24.